The molecule has 5 nitrogen and oxygen atoms in total. The fourth-order valence-corrected chi connectivity index (χ4v) is 3.10. The van der Waals surface area contributed by atoms with Gasteiger partial charge < -0.3 is 15.0 Å². The molecular formula is C16H22N2O3S. The second kappa shape index (κ2) is 8.68. The van der Waals surface area contributed by atoms with Gasteiger partial charge >= 0.3 is 0 Å². The zero-order valence-corrected chi connectivity index (χ0v) is 13.7. The topological polar surface area (TPSA) is 58.6 Å². The van der Waals surface area contributed by atoms with Crippen LogP contribution in [-0.2, 0) is 9.59 Å². The second-order valence-corrected chi connectivity index (χ2v) is 6.20. The quantitative estimate of drug-likeness (QED) is 0.587. The van der Waals surface area contributed by atoms with Crippen molar-refractivity contribution in [2.24, 2.45) is 0 Å². The minimum absolute atomic E-state index is 0.0144. The summed E-state index contributed by atoms with van der Waals surface area (Å²) in [6, 6.07) is 7.66. The number of ether oxygens (including phenoxy) is 1. The highest BCUT2D eigenvalue weighted by atomic mass is 32.2. The van der Waals surface area contributed by atoms with Crippen LogP contribution >= 0.6 is 11.8 Å². The van der Waals surface area contributed by atoms with Crippen LogP contribution in [0.5, 0.6) is 5.75 Å². The van der Waals surface area contributed by atoms with Gasteiger partial charge in [0.25, 0.3) is 0 Å². The highest BCUT2D eigenvalue weighted by Crippen LogP contribution is 2.22. The van der Waals surface area contributed by atoms with Crippen molar-refractivity contribution in [1.29, 1.82) is 0 Å². The van der Waals surface area contributed by atoms with Gasteiger partial charge in [0, 0.05) is 31.0 Å². The number of carbonyl (C=O) groups is 2. The van der Waals surface area contributed by atoms with E-state index in [1.165, 1.54) is 11.8 Å². The molecule has 0 aromatic heterocycles. The molecule has 0 aliphatic carbocycles. The highest BCUT2D eigenvalue weighted by Gasteiger charge is 2.18. The van der Waals surface area contributed by atoms with Crippen LogP contribution in [0.15, 0.2) is 29.2 Å². The van der Waals surface area contributed by atoms with Gasteiger partial charge in [-0.2, -0.15) is 0 Å². The van der Waals surface area contributed by atoms with Crippen molar-refractivity contribution in [3.05, 3.63) is 24.3 Å². The van der Waals surface area contributed by atoms with Crippen LogP contribution in [0, 0.1) is 0 Å². The van der Waals surface area contributed by atoms with E-state index in [-0.39, 0.29) is 11.8 Å². The number of likely N-dealkylation sites (tertiary alicyclic amines) is 1. The SMILES string of the molecule is COc1cccc(SCC(=O)NCCCN2CCCC2=O)c1. The van der Waals surface area contributed by atoms with Crippen molar-refractivity contribution < 1.29 is 14.3 Å². The van der Waals surface area contributed by atoms with Crippen molar-refractivity contribution >= 4 is 23.6 Å². The van der Waals surface area contributed by atoms with Gasteiger partial charge in [-0.3, -0.25) is 9.59 Å². The van der Waals surface area contributed by atoms with Gasteiger partial charge in [0.1, 0.15) is 5.75 Å². The van der Waals surface area contributed by atoms with Crippen LogP contribution in [0.3, 0.4) is 0 Å². The zero-order valence-electron chi connectivity index (χ0n) is 12.8. The molecule has 1 aliphatic rings. The Morgan fingerprint density at radius 1 is 1.45 bits per heavy atom. The van der Waals surface area contributed by atoms with Crippen LogP contribution < -0.4 is 10.1 Å². The first-order valence-electron chi connectivity index (χ1n) is 7.50. The third kappa shape index (κ3) is 5.26. The van der Waals surface area contributed by atoms with Gasteiger partial charge in [0.05, 0.1) is 12.9 Å². The number of nitrogens with zero attached hydrogens (tertiary/aromatic N) is 1. The summed E-state index contributed by atoms with van der Waals surface area (Å²) in [5, 5.41) is 2.89. The summed E-state index contributed by atoms with van der Waals surface area (Å²) >= 11 is 1.49. The van der Waals surface area contributed by atoms with Crippen molar-refractivity contribution in [2.45, 2.75) is 24.2 Å². The fraction of sp³-hybridized carbons (Fsp3) is 0.500. The van der Waals surface area contributed by atoms with Crippen LogP contribution in [-0.4, -0.2) is 49.2 Å². The minimum Gasteiger partial charge on any atom is -0.497 e. The Balaban J connectivity index is 1.60. The van der Waals surface area contributed by atoms with Gasteiger partial charge in [0.15, 0.2) is 0 Å². The average Bonchev–Trinajstić information content (AvgIpc) is 2.95. The number of thioether (sulfide) groups is 1. The second-order valence-electron chi connectivity index (χ2n) is 5.16. The minimum atomic E-state index is 0.0144. The van der Waals surface area contributed by atoms with Crippen molar-refractivity contribution in [2.75, 3.05) is 32.5 Å². The first-order valence-corrected chi connectivity index (χ1v) is 8.49. The Labute approximate surface area is 135 Å². The standard InChI is InChI=1S/C16H22N2O3S/c1-21-13-5-2-6-14(11-13)22-12-15(19)17-8-4-10-18-9-3-7-16(18)20/h2,5-6,11H,3-4,7-10,12H2,1H3,(H,17,19). The largest absolute Gasteiger partial charge is 0.497 e. The predicted molar refractivity (Wildman–Crippen MR) is 87.2 cm³/mol. The van der Waals surface area contributed by atoms with Gasteiger partial charge in [-0.05, 0) is 31.0 Å². The number of carbonyl (C=O) groups excluding carboxylic acids is 2. The maximum absolute atomic E-state index is 11.8. The first kappa shape index (κ1) is 16.7. The maximum Gasteiger partial charge on any atom is 0.230 e. The highest BCUT2D eigenvalue weighted by molar-refractivity contribution is 8.00. The lowest BCUT2D eigenvalue weighted by molar-refractivity contribution is -0.127. The molecule has 2 rings (SSSR count). The smallest absolute Gasteiger partial charge is 0.230 e. The molecule has 0 atom stereocenters. The van der Waals surface area contributed by atoms with E-state index in [0.717, 1.165) is 36.6 Å². The van der Waals surface area contributed by atoms with E-state index in [0.29, 0.717) is 18.7 Å². The maximum atomic E-state index is 11.8. The molecule has 1 aromatic carbocycles. The van der Waals surface area contributed by atoms with Crippen molar-refractivity contribution in [1.82, 2.24) is 10.2 Å². The molecule has 22 heavy (non-hydrogen) atoms. The third-order valence-electron chi connectivity index (χ3n) is 3.51. The number of benzene rings is 1. The van der Waals surface area contributed by atoms with E-state index in [2.05, 4.69) is 5.32 Å². The molecule has 1 aromatic rings. The summed E-state index contributed by atoms with van der Waals surface area (Å²) in [6.07, 6.45) is 2.44. The predicted octanol–water partition coefficient (Wildman–Crippen LogP) is 1.92. The van der Waals surface area contributed by atoms with E-state index in [9.17, 15) is 9.59 Å². The summed E-state index contributed by atoms with van der Waals surface area (Å²) in [6.45, 7) is 2.21. The van der Waals surface area contributed by atoms with Crippen LogP contribution in [0.4, 0.5) is 0 Å². The third-order valence-corrected chi connectivity index (χ3v) is 4.50. The monoisotopic (exact) mass is 322 g/mol. The summed E-state index contributed by atoms with van der Waals surface area (Å²) in [4.78, 5) is 26.1. The van der Waals surface area contributed by atoms with E-state index < -0.39 is 0 Å². The molecule has 1 aliphatic heterocycles. The molecule has 0 bridgehead atoms. The lowest BCUT2D eigenvalue weighted by Gasteiger charge is -2.15. The number of nitrogens with one attached hydrogen (secondary N) is 1. The van der Waals surface area contributed by atoms with Crippen LogP contribution in [0.25, 0.3) is 0 Å². The normalized spacial score (nSPS) is 14.2. The fourth-order valence-electron chi connectivity index (χ4n) is 2.33. The molecule has 6 heteroatoms. The molecule has 1 N–H and O–H groups in total. The van der Waals surface area contributed by atoms with E-state index >= 15 is 0 Å². The Morgan fingerprint density at radius 2 is 2.32 bits per heavy atom. The lowest BCUT2D eigenvalue weighted by Crippen LogP contribution is -2.31. The van der Waals surface area contributed by atoms with Gasteiger partial charge in [-0.15, -0.1) is 11.8 Å². The van der Waals surface area contributed by atoms with E-state index in [4.69, 9.17) is 4.74 Å². The molecule has 120 valence electrons. The molecule has 0 radical (unpaired) electrons. The summed E-state index contributed by atoms with van der Waals surface area (Å²) in [5.41, 5.74) is 0. The molecular weight excluding hydrogens is 300 g/mol. The molecule has 0 unspecified atom stereocenters. The zero-order chi connectivity index (χ0) is 15.8. The van der Waals surface area contributed by atoms with E-state index in [1.807, 2.05) is 29.2 Å². The van der Waals surface area contributed by atoms with Gasteiger partial charge in [-0.1, -0.05) is 6.07 Å². The summed E-state index contributed by atoms with van der Waals surface area (Å²) in [7, 11) is 1.63. The molecule has 2 amide bonds. The van der Waals surface area contributed by atoms with Gasteiger partial charge in [-0.25, -0.2) is 0 Å². The number of hydrogen-bond acceptors (Lipinski definition) is 4. The molecule has 0 saturated carbocycles. The Kier molecular flexibility index (Phi) is 6.58. The lowest BCUT2D eigenvalue weighted by atomic mass is 10.3. The number of methoxy groups -OCH3 is 1. The number of rotatable bonds is 8. The Bertz CT molecular complexity index is 522. The molecule has 1 heterocycles. The van der Waals surface area contributed by atoms with Gasteiger partial charge in [0.2, 0.25) is 11.8 Å². The van der Waals surface area contributed by atoms with Crippen LogP contribution in [0.2, 0.25) is 0 Å². The number of amides is 2. The molecule has 1 saturated heterocycles. The molecule has 0 spiro atoms. The Hall–Kier alpha value is -1.69. The van der Waals surface area contributed by atoms with Crippen molar-refractivity contribution in [3.63, 3.8) is 0 Å². The molecule has 1 fully saturated rings. The summed E-state index contributed by atoms with van der Waals surface area (Å²) < 4.78 is 5.15. The number of hydrogen-bond donors (Lipinski definition) is 1. The van der Waals surface area contributed by atoms with E-state index in [1.54, 1.807) is 7.11 Å². The van der Waals surface area contributed by atoms with Crippen molar-refractivity contribution in [3.8, 4) is 5.75 Å². The first-order chi connectivity index (χ1) is 10.7. The summed E-state index contributed by atoms with van der Waals surface area (Å²) in [5.74, 6) is 1.43. The average molecular weight is 322 g/mol. The Morgan fingerprint density at radius 3 is 3.05 bits per heavy atom. The van der Waals surface area contributed by atoms with Crippen LogP contribution in [0.1, 0.15) is 19.3 Å².